The Kier molecular flexibility index (Phi) is 5.97. The van der Waals surface area contributed by atoms with Crippen LogP contribution in [0.15, 0.2) is 24.3 Å². The minimum Gasteiger partial charge on any atom is -0.345 e. The van der Waals surface area contributed by atoms with Gasteiger partial charge in [-0.15, -0.1) is 0 Å². The molecule has 94 valence electrons. The summed E-state index contributed by atoms with van der Waals surface area (Å²) in [4.78, 5) is 12.1. The number of carbonyl (C=O) groups excluding carboxylic acids is 1. The molecule has 0 fully saturated rings. The Balaban J connectivity index is 2.89. The standard InChI is InChI=1S/C12H14Br2ClNO/c1-2-12(7-13,8-14)16-11(17)9-5-3-4-6-10(9)15/h3-6H,2,7-8H2,1H3,(H,16,17). The number of alkyl halides is 2. The molecule has 0 aliphatic rings. The predicted octanol–water partition coefficient (Wildman–Crippen LogP) is 4.01. The summed E-state index contributed by atoms with van der Waals surface area (Å²) in [5, 5.41) is 4.88. The number of amides is 1. The summed E-state index contributed by atoms with van der Waals surface area (Å²) in [6.07, 6.45) is 0.833. The van der Waals surface area contributed by atoms with Crippen molar-refractivity contribution in [1.82, 2.24) is 5.32 Å². The van der Waals surface area contributed by atoms with E-state index < -0.39 is 0 Å². The van der Waals surface area contributed by atoms with E-state index in [0.29, 0.717) is 21.2 Å². The van der Waals surface area contributed by atoms with Gasteiger partial charge in [0.05, 0.1) is 16.1 Å². The lowest BCUT2D eigenvalue weighted by Gasteiger charge is -2.30. The molecule has 0 aromatic heterocycles. The first-order valence-corrected chi connectivity index (χ1v) is 7.89. The summed E-state index contributed by atoms with van der Waals surface area (Å²) in [6, 6.07) is 7.05. The maximum absolute atomic E-state index is 12.1. The molecule has 0 aliphatic heterocycles. The van der Waals surface area contributed by atoms with Gasteiger partial charge in [-0.3, -0.25) is 4.79 Å². The van der Waals surface area contributed by atoms with Crippen molar-refractivity contribution in [2.24, 2.45) is 0 Å². The van der Waals surface area contributed by atoms with Crippen LogP contribution in [0, 0.1) is 0 Å². The molecule has 0 aliphatic carbocycles. The van der Waals surface area contributed by atoms with Crippen molar-refractivity contribution in [1.29, 1.82) is 0 Å². The zero-order chi connectivity index (χ0) is 12.9. The van der Waals surface area contributed by atoms with E-state index >= 15 is 0 Å². The Bertz CT molecular complexity index is 386. The molecule has 1 aromatic carbocycles. The van der Waals surface area contributed by atoms with Gasteiger partial charge in [-0.1, -0.05) is 62.5 Å². The molecule has 0 spiro atoms. The van der Waals surface area contributed by atoms with Crippen LogP contribution in [0.3, 0.4) is 0 Å². The van der Waals surface area contributed by atoms with Crippen molar-refractivity contribution in [2.75, 3.05) is 10.7 Å². The Morgan fingerprint density at radius 1 is 1.35 bits per heavy atom. The predicted molar refractivity (Wildman–Crippen MR) is 79.5 cm³/mol. The molecule has 0 unspecified atom stereocenters. The maximum Gasteiger partial charge on any atom is 0.253 e. The second-order valence-electron chi connectivity index (χ2n) is 3.84. The Hall–Kier alpha value is -0.0600. The van der Waals surface area contributed by atoms with Gasteiger partial charge < -0.3 is 5.32 Å². The van der Waals surface area contributed by atoms with Gasteiger partial charge in [0.2, 0.25) is 0 Å². The van der Waals surface area contributed by atoms with Crippen molar-refractivity contribution in [3.63, 3.8) is 0 Å². The molecule has 1 rings (SSSR count). The third-order valence-electron chi connectivity index (χ3n) is 2.69. The molecule has 0 saturated carbocycles. The molecule has 0 bridgehead atoms. The lowest BCUT2D eigenvalue weighted by Crippen LogP contribution is -2.51. The van der Waals surface area contributed by atoms with Crippen molar-refractivity contribution in [2.45, 2.75) is 18.9 Å². The third-order valence-corrected chi connectivity index (χ3v) is 5.16. The van der Waals surface area contributed by atoms with Gasteiger partial charge in [-0.05, 0) is 18.6 Å². The van der Waals surface area contributed by atoms with E-state index in [1.165, 1.54) is 0 Å². The Morgan fingerprint density at radius 3 is 2.41 bits per heavy atom. The topological polar surface area (TPSA) is 29.1 Å². The summed E-state index contributed by atoms with van der Waals surface area (Å²) in [5.74, 6) is -0.142. The molecule has 0 atom stereocenters. The first-order chi connectivity index (χ1) is 8.08. The third kappa shape index (κ3) is 3.70. The number of hydrogen-bond acceptors (Lipinski definition) is 1. The van der Waals surface area contributed by atoms with Crippen molar-refractivity contribution in [3.8, 4) is 0 Å². The smallest absolute Gasteiger partial charge is 0.253 e. The number of rotatable bonds is 5. The van der Waals surface area contributed by atoms with Gasteiger partial charge in [0.1, 0.15) is 0 Å². The lowest BCUT2D eigenvalue weighted by molar-refractivity contribution is 0.0915. The summed E-state index contributed by atoms with van der Waals surface area (Å²) in [6.45, 7) is 2.04. The minimum absolute atomic E-state index is 0.142. The molecule has 1 aromatic rings. The highest BCUT2D eigenvalue weighted by Gasteiger charge is 2.28. The van der Waals surface area contributed by atoms with Crippen molar-refractivity contribution >= 4 is 49.4 Å². The fourth-order valence-electron chi connectivity index (χ4n) is 1.33. The van der Waals surface area contributed by atoms with Crippen molar-refractivity contribution in [3.05, 3.63) is 34.9 Å². The zero-order valence-electron chi connectivity index (χ0n) is 9.47. The van der Waals surface area contributed by atoms with Gasteiger partial charge >= 0.3 is 0 Å². The summed E-state index contributed by atoms with van der Waals surface area (Å²) >= 11 is 12.9. The maximum atomic E-state index is 12.1. The molecule has 5 heteroatoms. The van der Waals surface area contributed by atoms with Crippen LogP contribution in [0.2, 0.25) is 5.02 Å². The first-order valence-electron chi connectivity index (χ1n) is 5.27. The average molecular weight is 384 g/mol. The number of hydrogen-bond donors (Lipinski definition) is 1. The van der Waals surface area contributed by atoms with E-state index in [2.05, 4.69) is 37.2 Å². The average Bonchev–Trinajstić information content (AvgIpc) is 2.36. The first kappa shape index (κ1) is 15.0. The molecule has 0 saturated heterocycles. The Labute approximate surface area is 123 Å². The molecular formula is C12H14Br2ClNO. The normalized spacial score (nSPS) is 11.3. The fraction of sp³-hybridized carbons (Fsp3) is 0.417. The summed E-state index contributed by atoms with van der Waals surface area (Å²) in [5.41, 5.74) is 0.227. The van der Waals surface area contributed by atoms with Gasteiger partial charge in [0.25, 0.3) is 5.91 Å². The van der Waals surface area contributed by atoms with Crippen LogP contribution in [-0.4, -0.2) is 22.1 Å². The monoisotopic (exact) mass is 381 g/mol. The van der Waals surface area contributed by atoms with Gasteiger partial charge in [0.15, 0.2) is 0 Å². The van der Waals surface area contributed by atoms with Crippen molar-refractivity contribution < 1.29 is 4.79 Å². The fourth-order valence-corrected chi connectivity index (χ4v) is 3.56. The van der Waals surface area contributed by atoms with E-state index in [0.717, 1.165) is 6.42 Å². The van der Waals surface area contributed by atoms with Crippen LogP contribution in [0.4, 0.5) is 0 Å². The van der Waals surface area contributed by atoms with E-state index in [9.17, 15) is 4.79 Å². The highest BCUT2D eigenvalue weighted by molar-refractivity contribution is 9.09. The summed E-state index contributed by atoms with van der Waals surface area (Å²) < 4.78 is 0. The molecular weight excluding hydrogens is 369 g/mol. The molecule has 1 amide bonds. The number of halogens is 3. The van der Waals surface area contributed by atoms with E-state index in [-0.39, 0.29) is 11.4 Å². The highest BCUT2D eigenvalue weighted by atomic mass is 79.9. The van der Waals surface area contributed by atoms with Crippen LogP contribution >= 0.6 is 43.5 Å². The van der Waals surface area contributed by atoms with E-state index in [4.69, 9.17) is 11.6 Å². The molecule has 0 radical (unpaired) electrons. The van der Waals surface area contributed by atoms with Gasteiger partial charge in [0, 0.05) is 10.7 Å². The molecule has 0 heterocycles. The largest absolute Gasteiger partial charge is 0.345 e. The molecule has 1 N–H and O–H groups in total. The summed E-state index contributed by atoms with van der Waals surface area (Å²) in [7, 11) is 0. The van der Waals surface area contributed by atoms with E-state index in [1.54, 1.807) is 24.3 Å². The number of benzene rings is 1. The molecule has 2 nitrogen and oxygen atoms in total. The quantitative estimate of drug-likeness (QED) is 0.765. The van der Waals surface area contributed by atoms with Gasteiger partial charge in [-0.2, -0.15) is 0 Å². The van der Waals surface area contributed by atoms with Gasteiger partial charge in [-0.25, -0.2) is 0 Å². The SMILES string of the molecule is CCC(CBr)(CBr)NC(=O)c1ccccc1Cl. The second kappa shape index (κ2) is 6.76. The number of nitrogens with one attached hydrogen (secondary N) is 1. The second-order valence-corrected chi connectivity index (χ2v) is 5.36. The Morgan fingerprint density at radius 2 is 1.94 bits per heavy atom. The lowest BCUT2D eigenvalue weighted by atomic mass is 10.0. The number of carbonyl (C=O) groups is 1. The van der Waals surface area contributed by atoms with E-state index in [1.807, 2.05) is 6.92 Å². The highest BCUT2D eigenvalue weighted by Crippen LogP contribution is 2.20. The van der Waals surface area contributed by atoms with Crippen LogP contribution in [0.5, 0.6) is 0 Å². The minimum atomic E-state index is -0.281. The molecule has 17 heavy (non-hydrogen) atoms. The van der Waals surface area contributed by atoms with Crippen LogP contribution in [-0.2, 0) is 0 Å². The van der Waals surface area contributed by atoms with Crippen LogP contribution < -0.4 is 5.32 Å². The van der Waals surface area contributed by atoms with Crippen LogP contribution in [0.25, 0.3) is 0 Å². The zero-order valence-corrected chi connectivity index (χ0v) is 13.4. The van der Waals surface area contributed by atoms with Crippen LogP contribution in [0.1, 0.15) is 23.7 Å².